The zero-order valence-electron chi connectivity index (χ0n) is 5.20. The molecule has 2 atom stereocenters. The molecule has 2 N–H and O–H groups in total. The molecule has 2 heteroatoms. The average Bonchev–Trinajstić information content (AvgIpc) is 2.21. The molecule has 0 radical (unpaired) electrons. The summed E-state index contributed by atoms with van der Waals surface area (Å²) < 4.78 is 7.60. The van der Waals surface area contributed by atoms with E-state index < -0.39 is 0 Å². The van der Waals surface area contributed by atoms with Crippen molar-refractivity contribution in [3.05, 3.63) is 0 Å². The smallest absolute Gasteiger partial charge is 0.0480 e. The molecule has 2 unspecified atom stereocenters. The summed E-state index contributed by atoms with van der Waals surface area (Å²) in [5.41, 5.74) is 6.01. The minimum Gasteiger partial charge on any atom is -0.254 e. The summed E-state index contributed by atoms with van der Waals surface area (Å²) in [5.74, 6) is 0. The zero-order chi connectivity index (χ0) is 5.61. The summed E-state index contributed by atoms with van der Waals surface area (Å²) in [6.45, 7) is 0. The largest absolute Gasteiger partial charge is 0.254 e. The molecule has 2 nitrogen and oxygen atoms in total. The normalized spacial score (nSPS) is 60.6. The van der Waals surface area contributed by atoms with Gasteiger partial charge in [0.15, 0.2) is 0 Å². The monoisotopic (exact) mass is 99.1 g/mol. The van der Waals surface area contributed by atoms with Gasteiger partial charge in [-0.2, -0.15) is 0 Å². The maximum atomic E-state index is 7.60. The number of hydrogen-bond donors (Lipinski definition) is 2. The highest BCUT2D eigenvalue weighted by atomic mass is 15.4. The van der Waals surface area contributed by atoms with Crippen LogP contribution in [-0.2, 0) is 0 Å². The summed E-state index contributed by atoms with van der Waals surface area (Å²) in [6.07, 6.45) is 3.19. The maximum Gasteiger partial charge on any atom is 0.0480 e. The highest BCUT2D eigenvalue weighted by molar-refractivity contribution is 4.89. The Morgan fingerprint density at radius 1 is 1.43 bits per heavy atom. The van der Waals surface area contributed by atoms with Gasteiger partial charge in [0.2, 0.25) is 0 Å². The van der Waals surface area contributed by atoms with Crippen LogP contribution in [0.3, 0.4) is 0 Å². The molecule has 40 valence electrons. The van der Waals surface area contributed by atoms with E-state index in [1.807, 2.05) is 0 Å². The van der Waals surface area contributed by atoms with Crippen molar-refractivity contribution in [3.8, 4) is 0 Å². The van der Waals surface area contributed by atoms with Crippen LogP contribution in [0.15, 0.2) is 0 Å². The maximum absolute atomic E-state index is 7.60. The Kier molecular flexibility index (Phi) is 0.523. The lowest BCUT2D eigenvalue weighted by Crippen LogP contribution is -2.37. The van der Waals surface area contributed by atoms with E-state index in [9.17, 15) is 0 Å². The fourth-order valence-electron chi connectivity index (χ4n) is 1.29. The van der Waals surface area contributed by atoms with E-state index in [1.54, 1.807) is 0 Å². The Morgan fingerprint density at radius 3 is 2.57 bits per heavy atom. The van der Waals surface area contributed by atoms with E-state index in [2.05, 4.69) is 10.9 Å². The van der Waals surface area contributed by atoms with Crippen LogP contribution < -0.4 is 10.9 Å². The summed E-state index contributed by atoms with van der Waals surface area (Å²) >= 11 is 0. The van der Waals surface area contributed by atoms with Crippen molar-refractivity contribution in [2.45, 2.75) is 31.3 Å². The number of hydrazine groups is 1. The summed E-state index contributed by atoms with van der Waals surface area (Å²) in [6, 6.07) is 0.289. The summed E-state index contributed by atoms with van der Waals surface area (Å²) in [4.78, 5) is 0. The molecule has 0 aromatic carbocycles. The fourth-order valence-corrected chi connectivity index (χ4v) is 1.29. The van der Waals surface area contributed by atoms with Gasteiger partial charge in [0.25, 0.3) is 0 Å². The molecular formula is C5H10N2. The second-order valence-corrected chi connectivity index (χ2v) is 2.31. The van der Waals surface area contributed by atoms with Crippen LogP contribution in [0, 0.1) is 0 Å². The van der Waals surface area contributed by atoms with Crippen molar-refractivity contribution in [3.63, 3.8) is 0 Å². The van der Waals surface area contributed by atoms with Crippen molar-refractivity contribution < 1.29 is 1.37 Å². The van der Waals surface area contributed by atoms with E-state index >= 15 is 0 Å². The number of fused-ring (bicyclic) bond motifs is 2. The first kappa shape index (κ1) is 3.05. The lowest BCUT2D eigenvalue weighted by molar-refractivity contribution is 0.437. The predicted molar refractivity (Wildman–Crippen MR) is 27.7 cm³/mol. The quantitative estimate of drug-likeness (QED) is 0.447. The highest BCUT2D eigenvalue weighted by Crippen LogP contribution is 2.22. The third-order valence-electron chi connectivity index (χ3n) is 1.74. The molecule has 0 amide bonds. The molecule has 2 bridgehead atoms. The van der Waals surface area contributed by atoms with Crippen molar-refractivity contribution in [2.75, 3.05) is 0 Å². The van der Waals surface area contributed by atoms with Crippen LogP contribution >= 0.6 is 0 Å². The molecule has 2 aliphatic rings. The molecule has 1 aliphatic carbocycles. The Balaban J connectivity index is 2.19. The van der Waals surface area contributed by atoms with Crippen LogP contribution in [-0.4, -0.2) is 12.1 Å². The number of hydrogen-bond acceptors (Lipinski definition) is 2. The van der Waals surface area contributed by atoms with Crippen LogP contribution in [0.2, 0.25) is 0 Å². The molecule has 1 saturated carbocycles. The van der Waals surface area contributed by atoms with Crippen LogP contribution in [0.4, 0.5) is 0 Å². The minimum absolute atomic E-state index is 0.301. The standard InChI is InChI=1S/C5H10N2/c1-2-5-3-4(1)6-7-5/h4-7H,1-3H2/i4D. The fraction of sp³-hybridized carbons (Fsp3) is 1.00. The second-order valence-electron chi connectivity index (χ2n) is 2.31. The van der Waals surface area contributed by atoms with Crippen molar-refractivity contribution >= 4 is 0 Å². The van der Waals surface area contributed by atoms with Gasteiger partial charge in [0.1, 0.15) is 0 Å². The third-order valence-corrected chi connectivity index (χ3v) is 1.74. The lowest BCUT2D eigenvalue weighted by Gasteiger charge is -2.10. The van der Waals surface area contributed by atoms with Crippen molar-refractivity contribution in [1.29, 1.82) is 0 Å². The van der Waals surface area contributed by atoms with Gasteiger partial charge >= 0.3 is 0 Å². The number of nitrogens with one attached hydrogen (secondary N) is 2. The first-order chi connectivity index (χ1) is 3.79. The molecule has 1 saturated heterocycles. The third kappa shape index (κ3) is 0.469. The van der Waals surface area contributed by atoms with Gasteiger partial charge in [-0.05, 0) is 19.3 Å². The van der Waals surface area contributed by atoms with E-state index in [0.29, 0.717) is 6.04 Å². The Bertz CT molecular complexity index is 107. The first-order valence-electron chi connectivity index (χ1n) is 3.31. The van der Waals surface area contributed by atoms with E-state index in [4.69, 9.17) is 1.37 Å². The van der Waals surface area contributed by atoms with Gasteiger partial charge in [0, 0.05) is 13.4 Å². The highest BCUT2D eigenvalue weighted by Gasteiger charge is 2.29. The Morgan fingerprint density at radius 2 is 2.43 bits per heavy atom. The van der Waals surface area contributed by atoms with Crippen LogP contribution in [0.25, 0.3) is 0 Å². The van der Waals surface area contributed by atoms with Gasteiger partial charge in [-0.15, -0.1) is 0 Å². The average molecular weight is 99.2 g/mol. The van der Waals surface area contributed by atoms with Gasteiger partial charge in [-0.25, -0.2) is 0 Å². The van der Waals surface area contributed by atoms with Crippen molar-refractivity contribution in [2.24, 2.45) is 0 Å². The molecule has 2 fully saturated rings. The Labute approximate surface area is 44.7 Å². The SMILES string of the molecule is [2H]C12CCC(C1)NN2. The zero-order valence-corrected chi connectivity index (χ0v) is 4.20. The molecule has 0 aromatic heterocycles. The summed E-state index contributed by atoms with van der Waals surface area (Å²) in [7, 11) is 0. The molecule has 0 spiro atoms. The Hall–Kier alpha value is -0.0800. The first-order valence-corrected chi connectivity index (χ1v) is 2.81. The minimum atomic E-state index is -0.301. The van der Waals surface area contributed by atoms with Crippen LogP contribution in [0.1, 0.15) is 20.6 Å². The molecular weight excluding hydrogens is 88.1 g/mol. The topological polar surface area (TPSA) is 24.1 Å². The summed E-state index contributed by atoms with van der Waals surface area (Å²) in [5, 5.41) is 0. The lowest BCUT2D eigenvalue weighted by atomic mass is 10.3. The number of rotatable bonds is 0. The van der Waals surface area contributed by atoms with Gasteiger partial charge in [-0.3, -0.25) is 10.9 Å². The van der Waals surface area contributed by atoms with Gasteiger partial charge in [0.05, 0.1) is 0 Å². The van der Waals surface area contributed by atoms with E-state index in [-0.39, 0.29) is 6.02 Å². The van der Waals surface area contributed by atoms with Gasteiger partial charge in [-0.1, -0.05) is 0 Å². The van der Waals surface area contributed by atoms with Gasteiger partial charge < -0.3 is 0 Å². The predicted octanol–water partition coefficient (Wildman–Crippen LogP) is 0.0153. The van der Waals surface area contributed by atoms with Crippen molar-refractivity contribution in [1.82, 2.24) is 10.9 Å². The second kappa shape index (κ2) is 1.20. The van der Waals surface area contributed by atoms with E-state index in [1.165, 1.54) is 6.42 Å². The molecule has 0 aromatic rings. The molecule has 2 rings (SSSR count). The van der Waals surface area contributed by atoms with E-state index in [0.717, 1.165) is 12.8 Å². The molecule has 1 heterocycles. The molecule has 1 aliphatic heterocycles. The van der Waals surface area contributed by atoms with Crippen LogP contribution in [0.5, 0.6) is 0 Å². The molecule has 7 heavy (non-hydrogen) atoms.